The summed E-state index contributed by atoms with van der Waals surface area (Å²) in [5.74, 6) is -0.319. The molecule has 94 valence electrons. The molecule has 0 atom stereocenters. The quantitative estimate of drug-likeness (QED) is 0.760. The van der Waals surface area contributed by atoms with Crippen LogP contribution >= 0.6 is 0 Å². The van der Waals surface area contributed by atoms with Gasteiger partial charge in [0.2, 0.25) is 0 Å². The Kier molecular flexibility index (Phi) is 6.19. The second-order valence-corrected chi connectivity index (χ2v) is 3.62. The first-order valence-electron chi connectivity index (χ1n) is 5.83. The van der Waals surface area contributed by atoms with Crippen molar-refractivity contribution in [2.45, 2.75) is 13.8 Å². The Hall–Kier alpha value is -2.16. The van der Waals surface area contributed by atoms with Crippen LogP contribution in [-0.4, -0.2) is 17.6 Å². The molecule has 1 aromatic heterocycles. The van der Waals surface area contributed by atoms with Crippen LogP contribution < -0.4 is 0 Å². The number of esters is 1. The zero-order valence-corrected chi connectivity index (χ0v) is 10.7. The molecule has 18 heavy (non-hydrogen) atoms. The molecule has 1 heterocycles. The molecule has 0 bridgehead atoms. The van der Waals surface area contributed by atoms with Gasteiger partial charge in [-0.15, -0.1) is 0 Å². The van der Waals surface area contributed by atoms with E-state index in [1.54, 1.807) is 25.3 Å². The van der Waals surface area contributed by atoms with Gasteiger partial charge in [0.15, 0.2) is 0 Å². The molecular weight excluding hydrogens is 226 g/mol. The summed E-state index contributed by atoms with van der Waals surface area (Å²) in [6.45, 7) is 4.25. The fourth-order valence-electron chi connectivity index (χ4n) is 1.23. The van der Waals surface area contributed by atoms with Crippen LogP contribution in [0.3, 0.4) is 0 Å². The average molecular weight is 243 g/mol. The lowest BCUT2D eigenvalue weighted by molar-refractivity contribution is 0.0526. The summed E-state index contributed by atoms with van der Waals surface area (Å²) in [5, 5.41) is 0. The predicted molar refractivity (Wildman–Crippen MR) is 71.4 cm³/mol. The highest BCUT2D eigenvalue weighted by Gasteiger charge is 2.03. The SMILES string of the molecule is CCOC(=O)c1cccnc1.Cc1ccccc1. The van der Waals surface area contributed by atoms with Crippen LogP contribution in [-0.2, 0) is 4.74 Å². The van der Waals surface area contributed by atoms with Crippen molar-refractivity contribution in [3.05, 3.63) is 66.0 Å². The lowest BCUT2D eigenvalue weighted by Gasteiger charge is -1.98. The number of rotatable bonds is 2. The van der Waals surface area contributed by atoms with Gasteiger partial charge in [-0.2, -0.15) is 0 Å². The van der Waals surface area contributed by atoms with E-state index in [-0.39, 0.29) is 5.97 Å². The Balaban J connectivity index is 0.000000199. The summed E-state index contributed by atoms with van der Waals surface area (Å²) in [6, 6.07) is 13.6. The third kappa shape index (κ3) is 5.25. The van der Waals surface area contributed by atoms with E-state index in [2.05, 4.69) is 24.0 Å². The first-order valence-corrected chi connectivity index (χ1v) is 5.83. The van der Waals surface area contributed by atoms with E-state index in [1.807, 2.05) is 18.2 Å². The van der Waals surface area contributed by atoms with Crippen molar-refractivity contribution in [3.63, 3.8) is 0 Å². The second kappa shape index (κ2) is 8.01. The van der Waals surface area contributed by atoms with E-state index < -0.39 is 0 Å². The molecule has 3 nitrogen and oxygen atoms in total. The highest BCUT2D eigenvalue weighted by molar-refractivity contribution is 5.88. The summed E-state index contributed by atoms with van der Waals surface area (Å²) in [6.07, 6.45) is 3.10. The summed E-state index contributed by atoms with van der Waals surface area (Å²) < 4.78 is 4.75. The predicted octanol–water partition coefficient (Wildman–Crippen LogP) is 3.25. The third-order valence-corrected chi connectivity index (χ3v) is 2.11. The number of benzene rings is 1. The molecule has 1 aromatic carbocycles. The highest BCUT2D eigenvalue weighted by atomic mass is 16.5. The van der Waals surface area contributed by atoms with Crippen LogP contribution in [0.5, 0.6) is 0 Å². The Morgan fingerprint density at radius 3 is 2.33 bits per heavy atom. The number of pyridine rings is 1. The molecule has 0 aliphatic heterocycles. The molecule has 0 radical (unpaired) electrons. The summed E-state index contributed by atoms with van der Waals surface area (Å²) >= 11 is 0. The maximum absolute atomic E-state index is 11.0. The summed E-state index contributed by atoms with van der Waals surface area (Å²) in [7, 11) is 0. The van der Waals surface area contributed by atoms with Gasteiger partial charge in [-0.05, 0) is 26.0 Å². The largest absolute Gasteiger partial charge is 0.462 e. The van der Waals surface area contributed by atoms with E-state index in [0.717, 1.165) is 0 Å². The number of aryl methyl sites for hydroxylation is 1. The minimum Gasteiger partial charge on any atom is -0.462 e. The van der Waals surface area contributed by atoms with Gasteiger partial charge in [0.05, 0.1) is 12.2 Å². The molecule has 3 heteroatoms. The Morgan fingerprint density at radius 1 is 1.17 bits per heavy atom. The molecule has 0 aliphatic carbocycles. The van der Waals surface area contributed by atoms with Crippen molar-refractivity contribution in [2.24, 2.45) is 0 Å². The monoisotopic (exact) mass is 243 g/mol. The van der Waals surface area contributed by atoms with Gasteiger partial charge in [0.1, 0.15) is 0 Å². The molecule has 0 saturated carbocycles. The van der Waals surface area contributed by atoms with Crippen molar-refractivity contribution < 1.29 is 9.53 Å². The highest BCUT2D eigenvalue weighted by Crippen LogP contribution is 1.97. The minimum absolute atomic E-state index is 0.319. The maximum Gasteiger partial charge on any atom is 0.339 e. The van der Waals surface area contributed by atoms with Gasteiger partial charge in [-0.1, -0.05) is 35.9 Å². The van der Waals surface area contributed by atoms with Crippen molar-refractivity contribution >= 4 is 5.97 Å². The van der Waals surface area contributed by atoms with Gasteiger partial charge in [-0.3, -0.25) is 4.98 Å². The number of carbonyl (C=O) groups is 1. The fourth-order valence-corrected chi connectivity index (χ4v) is 1.23. The van der Waals surface area contributed by atoms with Gasteiger partial charge >= 0.3 is 5.97 Å². The zero-order valence-electron chi connectivity index (χ0n) is 10.7. The molecule has 2 rings (SSSR count). The molecule has 0 amide bonds. The maximum atomic E-state index is 11.0. The molecule has 0 fully saturated rings. The van der Waals surface area contributed by atoms with E-state index in [4.69, 9.17) is 4.74 Å². The van der Waals surface area contributed by atoms with Gasteiger partial charge < -0.3 is 4.74 Å². The number of ether oxygens (including phenoxy) is 1. The van der Waals surface area contributed by atoms with Crippen LogP contribution in [0.2, 0.25) is 0 Å². The molecular formula is C15H17NO2. The third-order valence-electron chi connectivity index (χ3n) is 2.11. The average Bonchev–Trinajstić information content (AvgIpc) is 2.42. The zero-order chi connectivity index (χ0) is 13.2. The van der Waals surface area contributed by atoms with E-state index in [1.165, 1.54) is 11.8 Å². The fraction of sp³-hybridized carbons (Fsp3) is 0.200. The standard InChI is InChI=1S/C8H9NO2.C7H8/c1-2-11-8(10)7-4-3-5-9-6-7;1-7-5-3-2-4-6-7/h3-6H,2H2,1H3;2-6H,1H3. The van der Waals surface area contributed by atoms with Crippen LogP contribution in [0.4, 0.5) is 0 Å². The minimum atomic E-state index is -0.319. The van der Waals surface area contributed by atoms with Crippen LogP contribution in [0, 0.1) is 6.92 Å². The van der Waals surface area contributed by atoms with Gasteiger partial charge in [-0.25, -0.2) is 4.79 Å². The van der Waals surface area contributed by atoms with Crippen LogP contribution in [0.25, 0.3) is 0 Å². The number of aromatic nitrogens is 1. The number of hydrogen-bond donors (Lipinski definition) is 0. The molecule has 0 saturated heterocycles. The smallest absolute Gasteiger partial charge is 0.339 e. The summed E-state index contributed by atoms with van der Waals surface area (Å²) in [5.41, 5.74) is 1.82. The van der Waals surface area contributed by atoms with Crippen molar-refractivity contribution in [1.82, 2.24) is 4.98 Å². The molecule has 2 aromatic rings. The number of hydrogen-bond acceptors (Lipinski definition) is 3. The topological polar surface area (TPSA) is 39.2 Å². The van der Waals surface area contributed by atoms with E-state index in [0.29, 0.717) is 12.2 Å². The van der Waals surface area contributed by atoms with Crippen LogP contribution in [0.1, 0.15) is 22.8 Å². The van der Waals surface area contributed by atoms with Crippen LogP contribution in [0.15, 0.2) is 54.9 Å². The normalized spacial score (nSPS) is 9.00. The lowest BCUT2D eigenvalue weighted by atomic mass is 10.2. The number of nitrogens with zero attached hydrogens (tertiary/aromatic N) is 1. The Morgan fingerprint density at radius 2 is 1.89 bits per heavy atom. The van der Waals surface area contributed by atoms with Crippen molar-refractivity contribution in [1.29, 1.82) is 0 Å². The molecule has 0 aliphatic rings. The number of carbonyl (C=O) groups excluding carboxylic acids is 1. The van der Waals surface area contributed by atoms with Crippen molar-refractivity contribution in [3.8, 4) is 0 Å². The van der Waals surface area contributed by atoms with E-state index in [9.17, 15) is 4.79 Å². The second-order valence-electron chi connectivity index (χ2n) is 3.62. The van der Waals surface area contributed by atoms with Crippen molar-refractivity contribution in [2.75, 3.05) is 6.61 Å². The first-order chi connectivity index (χ1) is 8.74. The lowest BCUT2D eigenvalue weighted by Crippen LogP contribution is -2.04. The van der Waals surface area contributed by atoms with Gasteiger partial charge in [0, 0.05) is 12.4 Å². The molecule has 0 spiro atoms. The Bertz CT molecular complexity index is 454. The Labute approximate surface area is 107 Å². The van der Waals surface area contributed by atoms with Gasteiger partial charge in [0.25, 0.3) is 0 Å². The molecule has 0 unspecified atom stereocenters. The summed E-state index contributed by atoms with van der Waals surface area (Å²) in [4.78, 5) is 14.8. The van der Waals surface area contributed by atoms with E-state index >= 15 is 0 Å². The molecule has 0 N–H and O–H groups in total. The first kappa shape index (κ1) is 13.9.